The van der Waals surface area contributed by atoms with E-state index in [1.54, 1.807) is 0 Å². The quantitative estimate of drug-likeness (QED) is 0.319. The lowest BCUT2D eigenvalue weighted by molar-refractivity contribution is 1.13. The molecule has 150 valence electrons. The van der Waals surface area contributed by atoms with Crippen LogP contribution in [0.15, 0.2) is 103 Å². The molecule has 0 unspecified atom stereocenters. The van der Waals surface area contributed by atoms with Crippen molar-refractivity contribution in [3.63, 3.8) is 0 Å². The second-order valence-corrected chi connectivity index (χ2v) is 7.28. The highest BCUT2D eigenvalue weighted by Gasteiger charge is 1.99. The first-order valence-electron chi connectivity index (χ1n) is 10.7. The molecule has 0 aliphatic carbocycles. The minimum absolute atomic E-state index is 0.920. The van der Waals surface area contributed by atoms with Gasteiger partial charge in [0.05, 0.1) is 0 Å². The van der Waals surface area contributed by atoms with Gasteiger partial charge in [-0.25, -0.2) is 0 Å². The van der Waals surface area contributed by atoms with Gasteiger partial charge in [-0.2, -0.15) is 0 Å². The van der Waals surface area contributed by atoms with E-state index in [-0.39, 0.29) is 0 Å². The van der Waals surface area contributed by atoms with Crippen LogP contribution in [0.25, 0.3) is 0 Å². The van der Waals surface area contributed by atoms with Crippen molar-refractivity contribution in [2.24, 2.45) is 0 Å². The van der Waals surface area contributed by atoms with E-state index in [2.05, 4.69) is 54.6 Å². The van der Waals surface area contributed by atoms with Gasteiger partial charge in [0.25, 0.3) is 0 Å². The van der Waals surface area contributed by atoms with E-state index in [9.17, 15) is 0 Å². The molecule has 0 atom stereocenters. The molecule has 0 fully saturated rings. The Morgan fingerprint density at radius 3 is 1.34 bits per heavy atom. The average Bonchev–Trinajstić information content (AvgIpc) is 2.87. The third kappa shape index (κ3) is 5.80. The minimum Gasteiger partial charge on any atom is -0.0622 e. The third-order valence-electron chi connectivity index (χ3n) is 4.96. The van der Waals surface area contributed by atoms with Crippen molar-refractivity contribution in [1.82, 2.24) is 0 Å². The zero-order valence-corrected chi connectivity index (χ0v) is 18.0. The molecule has 4 aromatic carbocycles. The molecule has 0 aliphatic rings. The first-order chi connectivity index (χ1) is 15.8. The zero-order chi connectivity index (χ0) is 22.0. The van der Waals surface area contributed by atoms with Crippen LogP contribution >= 0.6 is 0 Å². The van der Waals surface area contributed by atoms with E-state index >= 15 is 0 Å². The summed E-state index contributed by atoms with van der Waals surface area (Å²) in [5.41, 5.74) is 7.26. The molecule has 0 aromatic heterocycles. The van der Waals surface area contributed by atoms with Gasteiger partial charge in [0.15, 0.2) is 0 Å². The van der Waals surface area contributed by atoms with Crippen LogP contribution in [0.2, 0.25) is 0 Å². The summed E-state index contributed by atoms with van der Waals surface area (Å²) in [4.78, 5) is 0. The fraction of sp³-hybridized carbons (Fsp3) is 0.0625. The first-order valence-corrected chi connectivity index (χ1v) is 10.7. The topological polar surface area (TPSA) is 0 Å². The molecule has 0 bridgehead atoms. The molecule has 0 saturated carbocycles. The maximum atomic E-state index is 3.30. The number of hydrogen-bond acceptors (Lipinski definition) is 0. The highest BCUT2D eigenvalue weighted by atomic mass is 14.0. The Morgan fingerprint density at radius 1 is 0.438 bits per heavy atom. The van der Waals surface area contributed by atoms with Crippen molar-refractivity contribution in [2.45, 2.75) is 13.3 Å². The number of aryl methyl sites for hydroxylation is 1. The third-order valence-corrected chi connectivity index (χ3v) is 4.96. The Morgan fingerprint density at radius 2 is 0.844 bits per heavy atom. The van der Waals surface area contributed by atoms with Crippen LogP contribution in [-0.4, -0.2) is 0 Å². The predicted octanol–water partition coefficient (Wildman–Crippen LogP) is 6.45. The minimum atomic E-state index is 0.920. The van der Waals surface area contributed by atoms with E-state index in [0.717, 1.165) is 39.8 Å². The van der Waals surface area contributed by atoms with Crippen LogP contribution in [0, 0.1) is 35.5 Å². The predicted molar refractivity (Wildman–Crippen MR) is 133 cm³/mol. The van der Waals surface area contributed by atoms with Crippen molar-refractivity contribution >= 4 is 0 Å². The Balaban J connectivity index is 1.49. The number of rotatable bonds is 1. The SMILES string of the molecule is CCc1cc(C#Cc2ccc(C#Cc3ccccc3)cc2)ccc1C#Cc1ccccc1. The number of hydrogen-bond donors (Lipinski definition) is 0. The lowest BCUT2D eigenvalue weighted by Gasteiger charge is -2.02. The second kappa shape index (κ2) is 10.5. The molecule has 0 nitrogen and oxygen atoms in total. The molecular formula is C32H22. The molecule has 0 saturated heterocycles. The normalized spacial score (nSPS) is 9.41. The molecule has 0 heterocycles. The second-order valence-electron chi connectivity index (χ2n) is 7.28. The standard InChI is InChI=1S/C32H22/c1-2-31-25-30(22-24-32(31)23-21-27-11-7-4-8-12-27)20-19-29-17-15-28(16-18-29)14-13-26-9-5-3-6-10-26/h3-12,15-18,22,24-25H,2H2,1H3. The van der Waals surface area contributed by atoms with Crippen molar-refractivity contribution in [3.8, 4) is 35.5 Å². The van der Waals surface area contributed by atoms with Crippen molar-refractivity contribution in [2.75, 3.05) is 0 Å². The zero-order valence-electron chi connectivity index (χ0n) is 18.0. The van der Waals surface area contributed by atoms with E-state index in [1.807, 2.05) is 91.0 Å². The molecule has 32 heavy (non-hydrogen) atoms. The van der Waals surface area contributed by atoms with Crippen LogP contribution in [0.1, 0.15) is 45.9 Å². The van der Waals surface area contributed by atoms with E-state index in [1.165, 1.54) is 5.56 Å². The van der Waals surface area contributed by atoms with Crippen LogP contribution in [0.4, 0.5) is 0 Å². The van der Waals surface area contributed by atoms with Crippen LogP contribution in [-0.2, 0) is 6.42 Å². The van der Waals surface area contributed by atoms with Gasteiger partial charge in [-0.15, -0.1) is 0 Å². The fourth-order valence-corrected chi connectivity index (χ4v) is 3.19. The first kappa shape index (κ1) is 20.8. The van der Waals surface area contributed by atoms with Gasteiger partial charge in [-0.3, -0.25) is 0 Å². The Hall–Kier alpha value is -4.44. The summed E-state index contributed by atoms with van der Waals surface area (Å²) in [6.45, 7) is 2.15. The summed E-state index contributed by atoms with van der Waals surface area (Å²) in [7, 11) is 0. The maximum absolute atomic E-state index is 3.30. The average molecular weight is 407 g/mol. The Kier molecular flexibility index (Phi) is 6.86. The van der Waals surface area contributed by atoms with Gasteiger partial charge in [0, 0.05) is 33.4 Å². The Bertz CT molecular complexity index is 1370. The van der Waals surface area contributed by atoms with Gasteiger partial charge in [0.2, 0.25) is 0 Å². The monoisotopic (exact) mass is 406 g/mol. The maximum Gasteiger partial charge on any atom is 0.0281 e. The Labute approximate surface area is 191 Å². The highest BCUT2D eigenvalue weighted by Crippen LogP contribution is 2.12. The lowest BCUT2D eigenvalue weighted by atomic mass is 10.0. The summed E-state index contributed by atoms with van der Waals surface area (Å²) in [5.74, 6) is 19.5. The van der Waals surface area contributed by atoms with Crippen molar-refractivity contribution < 1.29 is 0 Å². The summed E-state index contributed by atoms with van der Waals surface area (Å²) in [6, 6.07) is 34.4. The number of benzene rings is 4. The van der Waals surface area contributed by atoms with E-state index < -0.39 is 0 Å². The van der Waals surface area contributed by atoms with E-state index in [0.29, 0.717) is 0 Å². The fourth-order valence-electron chi connectivity index (χ4n) is 3.19. The van der Waals surface area contributed by atoms with Crippen LogP contribution in [0.5, 0.6) is 0 Å². The van der Waals surface area contributed by atoms with Gasteiger partial charge in [0.1, 0.15) is 0 Å². The van der Waals surface area contributed by atoms with Gasteiger partial charge in [-0.05, 0) is 78.7 Å². The molecule has 0 aliphatic heterocycles. The van der Waals surface area contributed by atoms with Crippen molar-refractivity contribution in [1.29, 1.82) is 0 Å². The molecular weight excluding hydrogens is 384 g/mol. The lowest BCUT2D eigenvalue weighted by Crippen LogP contribution is -1.89. The molecule has 0 spiro atoms. The summed E-state index contributed by atoms with van der Waals surface area (Å²) in [6.07, 6.45) is 0.920. The molecule has 0 radical (unpaired) electrons. The molecule has 0 N–H and O–H groups in total. The molecule has 0 amide bonds. The summed E-state index contributed by atoms with van der Waals surface area (Å²) in [5, 5.41) is 0. The van der Waals surface area contributed by atoms with Gasteiger partial charge in [-0.1, -0.05) is 78.8 Å². The smallest absolute Gasteiger partial charge is 0.0281 e. The van der Waals surface area contributed by atoms with Crippen LogP contribution in [0.3, 0.4) is 0 Å². The molecule has 4 aromatic rings. The van der Waals surface area contributed by atoms with Crippen molar-refractivity contribution in [3.05, 3.63) is 142 Å². The van der Waals surface area contributed by atoms with Gasteiger partial charge < -0.3 is 0 Å². The largest absolute Gasteiger partial charge is 0.0622 e. The summed E-state index contributed by atoms with van der Waals surface area (Å²) < 4.78 is 0. The van der Waals surface area contributed by atoms with E-state index in [4.69, 9.17) is 0 Å². The highest BCUT2D eigenvalue weighted by molar-refractivity contribution is 5.52. The molecule has 0 heteroatoms. The molecule has 4 rings (SSSR count). The van der Waals surface area contributed by atoms with Crippen LogP contribution < -0.4 is 0 Å². The summed E-state index contributed by atoms with van der Waals surface area (Å²) >= 11 is 0. The van der Waals surface area contributed by atoms with Gasteiger partial charge >= 0.3 is 0 Å².